The van der Waals surface area contributed by atoms with Crippen LogP contribution in [0.5, 0.6) is 0 Å². The number of hydrogen-bond donors (Lipinski definition) is 2. The summed E-state index contributed by atoms with van der Waals surface area (Å²) in [7, 11) is -1.93. The van der Waals surface area contributed by atoms with Crippen molar-refractivity contribution in [2.45, 2.75) is 30.8 Å². The molecule has 0 saturated heterocycles. The fourth-order valence-corrected chi connectivity index (χ4v) is 3.15. The highest BCUT2D eigenvalue weighted by Gasteiger charge is 2.19. The Morgan fingerprint density at radius 2 is 2.06 bits per heavy atom. The van der Waals surface area contributed by atoms with Gasteiger partial charge in [0.05, 0.1) is 4.90 Å². The Morgan fingerprint density at radius 3 is 2.67 bits per heavy atom. The summed E-state index contributed by atoms with van der Waals surface area (Å²) >= 11 is 0. The normalized spacial score (nSPS) is 13.5. The molecule has 0 saturated carbocycles. The first kappa shape index (κ1) is 15.1. The summed E-state index contributed by atoms with van der Waals surface area (Å²) in [5, 5.41) is 0. The van der Waals surface area contributed by atoms with Crippen LogP contribution in [0, 0.1) is 0 Å². The number of sulfonamides is 1. The number of hydrogen-bond acceptors (Lipinski definition) is 4. The smallest absolute Gasteiger partial charge is 0.241 e. The van der Waals surface area contributed by atoms with E-state index in [1.54, 1.807) is 31.4 Å². The first-order valence-electron chi connectivity index (χ1n) is 5.80. The van der Waals surface area contributed by atoms with Crippen LogP contribution in [0.1, 0.15) is 18.9 Å². The van der Waals surface area contributed by atoms with Gasteiger partial charge in [0.1, 0.15) is 0 Å². The average molecular weight is 272 g/mol. The van der Waals surface area contributed by atoms with Crippen LogP contribution in [0.25, 0.3) is 0 Å². The average Bonchev–Trinajstić information content (AvgIpc) is 2.35. The lowest BCUT2D eigenvalue weighted by Crippen LogP contribution is -2.34. The third-order valence-electron chi connectivity index (χ3n) is 2.59. The summed E-state index contributed by atoms with van der Waals surface area (Å²) < 4.78 is 31.9. The van der Waals surface area contributed by atoms with Crippen LogP contribution < -0.4 is 10.5 Å². The molecule has 0 aliphatic heterocycles. The van der Waals surface area contributed by atoms with E-state index in [9.17, 15) is 8.42 Å². The van der Waals surface area contributed by atoms with E-state index in [0.29, 0.717) is 18.6 Å². The second-order valence-corrected chi connectivity index (χ2v) is 5.80. The SMILES string of the molecule is COCCC(C)NS(=O)(=O)c1ccccc1CN. The zero-order chi connectivity index (χ0) is 13.6. The van der Waals surface area contributed by atoms with E-state index in [1.165, 1.54) is 0 Å². The van der Waals surface area contributed by atoms with E-state index in [0.717, 1.165) is 0 Å². The van der Waals surface area contributed by atoms with Crippen molar-refractivity contribution in [2.75, 3.05) is 13.7 Å². The van der Waals surface area contributed by atoms with Gasteiger partial charge in [-0.15, -0.1) is 0 Å². The molecule has 102 valence electrons. The standard InChI is InChI=1S/C12H20N2O3S/c1-10(7-8-17-2)14-18(15,16)12-6-4-3-5-11(12)9-13/h3-6,10,14H,7-9,13H2,1-2H3. The molecule has 0 aliphatic rings. The zero-order valence-electron chi connectivity index (χ0n) is 10.7. The second kappa shape index (κ2) is 6.84. The lowest BCUT2D eigenvalue weighted by Gasteiger charge is -2.15. The molecule has 0 aromatic heterocycles. The van der Waals surface area contributed by atoms with Crippen LogP contribution in [0.2, 0.25) is 0 Å². The monoisotopic (exact) mass is 272 g/mol. The summed E-state index contributed by atoms with van der Waals surface area (Å²) in [4.78, 5) is 0.247. The van der Waals surface area contributed by atoms with Gasteiger partial charge < -0.3 is 10.5 Å². The molecule has 3 N–H and O–H groups in total. The van der Waals surface area contributed by atoms with Gasteiger partial charge in [0, 0.05) is 26.3 Å². The van der Waals surface area contributed by atoms with Crippen LogP contribution in [-0.4, -0.2) is 28.2 Å². The van der Waals surface area contributed by atoms with Gasteiger partial charge in [-0.25, -0.2) is 13.1 Å². The van der Waals surface area contributed by atoms with Gasteiger partial charge in [-0.3, -0.25) is 0 Å². The highest BCUT2D eigenvalue weighted by Crippen LogP contribution is 2.15. The van der Waals surface area contributed by atoms with Gasteiger partial charge in [-0.2, -0.15) is 0 Å². The minimum atomic E-state index is -3.52. The van der Waals surface area contributed by atoms with E-state index in [1.807, 2.05) is 6.92 Å². The summed E-state index contributed by atoms with van der Waals surface area (Å²) in [6.45, 7) is 2.52. The number of nitrogens with two attached hydrogens (primary N) is 1. The van der Waals surface area contributed by atoms with Crippen molar-refractivity contribution in [3.8, 4) is 0 Å². The van der Waals surface area contributed by atoms with Crippen LogP contribution in [-0.2, 0) is 21.3 Å². The first-order valence-corrected chi connectivity index (χ1v) is 7.29. The van der Waals surface area contributed by atoms with Gasteiger partial charge in [-0.05, 0) is 25.0 Å². The van der Waals surface area contributed by atoms with E-state index >= 15 is 0 Å². The Labute approximate surface area is 108 Å². The summed E-state index contributed by atoms with van der Waals surface area (Å²) in [5.41, 5.74) is 6.16. The fourth-order valence-electron chi connectivity index (χ4n) is 1.62. The second-order valence-electron chi connectivity index (χ2n) is 4.12. The van der Waals surface area contributed by atoms with Gasteiger partial charge in [0.2, 0.25) is 10.0 Å². The van der Waals surface area contributed by atoms with Crippen molar-refractivity contribution in [3.63, 3.8) is 0 Å². The molecule has 0 radical (unpaired) electrons. The molecule has 6 heteroatoms. The third-order valence-corrected chi connectivity index (χ3v) is 4.28. The highest BCUT2D eigenvalue weighted by molar-refractivity contribution is 7.89. The predicted octanol–water partition coefficient (Wildman–Crippen LogP) is 0.849. The summed E-state index contributed by atoms with van der Waals surface area (Å²) in [6, 6.07) is 6.56. The van der Waals surface area contributed by atoms with Crippen LogP contribution in [0.15, 0.2) is 29.2 Å². The van der Waals surface area contributed by atoms with Crippen LogP contribution in [0.3, 0.4) is 0 Å². The maximum absolute atomic E-state index is 12.2. The van der Waals surface area contributed by atoms with Crippen molar-refractivity contribution in [3.05, 3.63) is 29.8 Å². The number of ether oxygens (including phenoxy) is 1. The molecule has 1 unspecified atom stereocenters. The number of nitrogens with one attached hydrogen (secondary N) is 1. The third kappa shape index (κ3) is 4.06. The fraction of sp³-hybridized carbons (Fsp3) is 0.500. The Morgan fingerprint density at radius 1 is 1.39 bits per heavy atom. The van der Waals surface area contributed by atoms with Crippen molar-refractivity contribution >= 4 is 10.0 Å². The lowest BCUT2D eigenvalue weighted by atomic mass is 10.2. The minimum absolute atomic E-state index is 0.180. The van der Waals surface area contributed by atoms with Crippen molar-refractivity contribution < 1.29 is 13.2 Å². The molecule has 18 heavy (non-hydrogen) atoms. The molecular weight excluding hydrogens is 252 g/mol. The molecule has 0 spiro atoms. The van der Waals surface area contributed by atoms with E-state index in [-0.39, 0.29) is 17.5 Å². The van der Waals surface area contributed by atoms with Crippen molar-refractivity contribution in [1.29, 1.82) is 0 Å². The number of methoxy groups -OCH3 is 1. The van der Waals surface area contributed by atoms with Crippen molar-refractivity contribution in [1.82, 2.24) is 4.72 Å². The molecule has 1 aromatic carbocycles. The quantitative estimate of drug-likeness (QED) is 0.771. The molecule has 5 nitrogen and oxygen atoms in total. The highest BCUT2D eigenvalue weighted by atomic mass is 32.2. The van der Waals surface area contributed by atoms with E-state index in [2.05, 4.69) is 4.72 Å². The Bertz CT molecular complexity index is 474. The molecule has 0 heterocycles. The van der Waals surface area contributed by atoms with Gasteiger partial charge in [0.15, 0.2) is 0 Å². The maximum atomic E-state index is 12.2. The van der Waals surface area contributed by atoms with E-state index < -0.39 is 10.0 Å². The zero-order valence-corrected chi connectivity index (χ0v) is 11.5. The maximum Gasteiger partial charge on any atom is 0.241 e. The molecule has 0 aliphatic carbocycles. The number of rotatable bonds is 7. The van der Waals surface area contributed by atoms with Gasteiger partial charge in [-0.1, -0.05) is 18.2 Å². The van der Waals surface area contributed by atoms with E-state index in [4.69, 9.17) is 10.5 Å². The Hall–Kier alpha value is -0.950. The molecule has 1 aromatic rings. The molecule has 1 rings (SSSR count). The van der Waals surface area contributed by atoms with Gasteiger partial charge in [0.25, 0.3) is 0 Å². The van der Waals surface area contributed by atoms with Crippen LogP contribution >= 0.6 is 0 Å². The Kier molecular flexibility index (Phi) is 5.74. The molecular formula is C12H20N2O3S. The van der Waals surface area contributed by atoms with Crippen LogP contribution in [0.4, 0.5) is 0 Å². The largest absolute Gasteiger partial charge is 0.385 e. The summed E-state index contributed by atoms with van der Waals surface area (Å²) in [6.07, 6.45) is 0.626. The molecule has 0 amide bonds. The molecule has 0 fully saturated rings. The molecule has 0 bridgehead atoms. The van der Waals surface area contributed by atoms with Crippen molar-refractivity contribution in [2.24, 2.45) is 5.73 Å². The number of benzene rings is 1. The first-order chi connectivity index (χ1) is 8.51. The molecule has 1 atom stereocenters. The summed E-state index contributed by atoms with van der Waals surface area (Å²) in [5.74, 6) is 0. The van der Waals surface area contributed by atoms with Gasteiger partial charge >= 0.3 is 0 Å². The predicted molar refractivity (Wildman–Crippen MR) is 70.6 cm³/mol. The topological polar surface area (TPSA) is 81.4 Å². The Balaban J connectivity index is 2.86. The minimum Gasteiger partial charge on any atom is -0.385 e. The lowest BCUT2D eigenvalue weighted by molar-refractivity contribution is 0.188.